The number of hydrogen-bond donors (Lipinski definition) is 0. The Hall–Kier alpha value is 0.540. The average molecular weight is 227 g/mol. The van der Waals surface area contributed by atoms with E-state index in [2.05, 4.69) is 13.8 Å². The molecule has 0 spiro atoms. The van der Waals surface area contributed by atoms with E-state index in [1.807, 2.05) is 0 Å². The molecule has 0 aliphatic rings. The van der Waals surface area contributed by atoms with Gasteiger partial charge in [-0.1, -0.05) is 33.1 Å². The second kappa shape index (κ2) is 7.90. The maximum atomic E-state index is 5.84. The maximum Gasteiger partial charge on any atom is 0.134 e. The summed E-state index contributed by atoms with van der Waals surface area (Å²) in [5.41, 5.74) is 0. The Morgan fingerprint density at radius 1 is 1.23 bits per heavy atom. The summed E-state index contributed by atoms with van der Waals surface area (Å²) >= 11 is 11.7. The number of hydrogen-bond acceptors (Lipinski definition) is 1. The van der Waals surface area contributed by atoms with Crippen molar-refractivity contribution in [3.63, 3.8) is 0 Å². The van der Waals surface area contributed by atoms with Gasteiger partial charge in [-0.25, -0.2) is 0 Å². The van der Waals surface area contributed by atoms with Gasteiger partial charge in [0.25, 0.3) is 0 Å². The van der Waals surface area contributed by atoms with Crippen molar-refractivity contribution in [2.75, 3.05) is 7.11 Å². The van der Waals surface area contributed by atoms with Crippen LogP contribution in [0.15, 0.2) is 0 Å². The second-order valence-electron chi connectivity index (χ2n) is 3.35. The van der Waals surface area contributed by atoms with Gasteiger partial charge in [0.05, 0.1) is 6.10 Å². The van der Waals surface area contributed by atoms with Gasteiger partial charge in [0, 0.05) is 7.11 Å². The predicted octanol–water partition coefficient (Wildman–Crippen LogP) is 4.02. The Bertz CT molecular complexity index is 117. The Morgan fingerprint density at radius 2 is 1.85 bits per heavy atom. The highest BCUT2D eigenvalue weighted by atomic mass is 35.5. The van der Waals surface area contributed by atoms with Gasteiger partial charge in [-0.2, -0.15) is 0 Å². The molecule has 80 valence electrons. The number of halogens is 2. The second-order valence-corrected chi connectivity index (χ2v) is 4.51. The van der Waals surface area contributed by atoms with E-state index >= 15 is 0 Å². The summed E-state index contributed by atoms with van der Waals surface area (Å²) in [6.07, 6.45) is 4.65. The van der Waals surface area contributed by atoms with Gasteiger partial charge in [-0.05, 0) is 12.3 Å². The van der Waals surface area contributed by atoms with E-state index < -0.39 is 4.84 Å². The van der Waals surface area contributed by atoms with Crippen molar-refractivity contribution < 1.29 is 4.74 Å². The number of unbranched alkanes of at least 4 members (excludes halogenated alkanes) is 1. The quantitative estimate of drug-likeness (QED) is 0.597. The maximum absolute atomic E-state index is 5.84. The average Bonchev–Trinajstić information content (AvgIpc) is 2.11. The normalized spacial score (nSPS) is 16.2. The first-order chi connectivity index (χ1) is 6.17. The molecule has 3 heteroatoms. The highest BCUT2D eigenvalue weighted by Gasteiger charge is 2.24. The third-order valence-corrected chi connectivity index (χ3v) is 2.93. The zero-order chi connectivity index (χ0) is 10.3. The number of rotatable bonds is 7. The minimum Gasteiger partial charge on any atom is -0.378 e. The van der Waals surface area contributed by atoms with E-state index in [9.17, 15) is 0 Å². The molecule has 13 heavy (non-hydrogen) atoms. The van der Waals surface area contributed by atoms with Crippen LogP contribution in [-0.4, -0.2) is 18.1 Å². The standard InChI is InChI=1S/C10H20Cl2O/c1-4-6-7-8(5-2)9(13-3)10(11)12/h8-10H,4-7H2,1-3H3. The lowest BCUT2D eigenvalue weighted by Crippen LogP contribution is -2.28. The largest absolute Gasteiger partial charge is 0.378 e. The zero-order valence-electron chi connectivity index (χ0n) is 8.72. The van der Waals surface area contributed by atoms with Crippen molar-refractivity contribution >= 4 is 23.2 Å². The number of alkyl halides is 2. The molecule has 0 rings (SSSR count). The van der Waals surface area contributed by atoms with Crippen LogP contribution in [0.3, 0.4) is 0 Å². The molecule has 0 radical (unpaired) electrons. The Kier molecular flexibility index (Phi) is 8.23. The van der Waals surface area contributed by atoms with Gasteiger partial charge in [-0.15, -0.1) is 23.2 Å². The summed E-state index contributed by atoms with van der Waals surface area (Å²) in [5.74, 6) is 0.491. The molecule has 0 bridgehead atoms. The minimum atomic E-state index is -0.410. The zero-order valence-corrected chi connectivity index (χ0v) is 10.2. The van der Waals surface area contributed by atoms with E-state index in [0.717, 1.165) is 12.8 Å². The van der Waals surface area contributed by atoms with Crippen LogP contribution in [0.2, 0.25) is 0 Å². The van der Waals surface area contributed by atoms with Crippen molar-refractivity contribution in [3.8, 4) is 0 Å². The Balaban J connectivity index is 4.00. The molecular weight excluding hydrogens is 207 g/mol. The van der Waals surface area contributed by atoms with E-state index in [4.69, 9.17) is 27.9 Å². The van der Waals surface area contributed by atoms with Crippen molar-refractivity contribution in [1.82, 2.24) is 0 Å². The lowest BCUT2D eigenvalue weighted by molar-refractivity contribution is 0.0561. The summed E-state index contributed by atoms with van der Waals surface area (Å²) in [6, 6.07) is 0. The topological polar surface area (TPSA) is 9.23 Å². The smallest absolute Gasteiger partial charge is 0.134 e. The predicted molar refractivity (Wildman–Crippen MR) is 59.6 cm³/mol. The fraction of sp³-hybridized carbons (Fsp3) is 1.00. The first-order valence-electron chi connectivity index (χ1n) is 4.98. The molecule has 0 aliphatic heterocycles. The summed E-state index contributed by atoms with van der Waals surface area (Å²) < 4.78 is 5.30. The molecule has 0 aromatic heterocycles. The van der Waals surface area contributed by atoms with Gasteiger partial charge in [0.15, 0.2) is 0 Å². The molecule has 0 heterocycles. The first kappa shape index (κ1) is 13.5. The number of ether oxygens (including phenoxy) is 1. The molecule has 0 N–H and O–H groups in total. The summed E-state index contributed by atoms with van der Waals surface area (Å²) in [7, 11) is 1.68. The Morgan fingerprint density at radius 3 is 2.15 bits per heavy atom. The minimum absolute atomic E-state index is 0.0140. The van der Waals surface area contributed by atoms with E-state index in [1.54, 1.807) is 7.11 Å². The molecule has 2 unspecified atom stereocenters. The molecule has 1 nitrogen and oxygen atoms in total. The highest BCUT2D eigenvalue weighted by molar-refractivity contribution is 6.44. The van der Waals surface area contributed by atoms with Crippen molar-refractivity contribution in [2.24, 2.45) is 5.92 Å². The van der Waals surface area contributed by atoms with Crippen LogP contribution < -0.4 is 0 Å². The molecule has 0 aromatic carbocycles. The summed E-state index contributed by atoms with van der Waals surface area (Å²) in [4.78, 5) is -0.410. The number of methoxy groups -OCH3 is 1. The van der Waals surface area contributed by atoms with Crippen LogP contribution in [0.5, 0.6) is 0 Å². The van der Waals surface area contributed by atoms with Gasteiger partial charge in [-0.3, -0.25) is 0 Å². The van der Waals surface area contributed by atoms with Crippen LogP contribution in [0.1, 0.15) is 39.5 Å². The fourth-order valence-corrected chi connectivity index (χ4v) is 2.19. The van der Waals surface area contributed by atoms with Gasteiger partial charge >= 0.3 is 0 Å². The molecule has 0 aliphatic carbocycles. The molecule has 0 aromatic rings. The van der Waals surface area contributed by atoms with Gasteiger partial charge < -0.3 is 4.74 Å². The molecule has 0 amide bonds. The van der Waals surface area contributed by atoms with Crippen LogP contribution in [0.25, 0.3) is 0 Å². The lowest BCUT2D eigenvalue weighted by Gasteiger charge is -2.25. The van der Waals surface area contributed by atoms with Crippen molar-refractivity contribution in [3.05, 3.63) is 0 Å². The van der Waals surface area contributed by atoms with Crippen LogP contribution >= 0.6 is 23.2 Å². The van der Waals surface area contributed by atoms with E-state index in [0.29, 0.717) is 5.92 Å². The van der Waals surface area contributed by atoms with E-state index in [-0.39, 0.29) is 6.10 Å². The SMILES string of the molecule is CCCCC(CC)C(OC)C(Cl)Cl. The monoisotopic (exact) mass is 226 g/mol. The summed E-state index contributed by atoms with van der Waals surface area (Å²) in [6.45, 7) is 4.34. The molecule has 2 atom stereocenters. The molecule has 0 fully saturated rings. The van der Waals surface area contributed by atoms with Crippen LogP contribution in [0.4, 0.5) is 0 Å². The van der Waals surface area contributed by atoms with Crippen LogP contribution in [0, 0.1) is 5.92 Å². The van der Waals surface area contributed by atoms with E-state index in [1.165, 1.54) is 12.8 Å². The first-order valence-corrected chi connectivity index (χ1v) is 5.85. The third kappa shape index (κ3) is 5.09. The Labute approximate surface area is 91.7 Å². The highest BCUT2D eigenvalue weighted by Crippen LogP contribution is 2.25. The van der Waals surface area contributed by atoms with Crippen molar-refractivity contribution in [2.45, 2.75) is 50.5 Å². The molecule has 0 saturated carbocycles. The lowest BCUT2D eigenvalue weighted by atomic mass is 9.94. The van der Waals surface area contributed by atoms with Crippen LogP contribution in [-0.2, 0) is 4.74 Å². The third-order valence-electron chi connectivity index (χ3n) is 2.44. The fourth-order valence-electron chi connectivity index (χ4n) is 1.57. The molecule has 0 saturated heterocycles. The molecular formula is C10H20Cl2O. The summed E-state index contributed by atoms with van der Waals surface area (Å²) in [5, 5.41) is 0. The van der Waals surface area contributed by atoms with Gasteiger partial charge in [0.1, 0.15) is 4.84 Å². The van der Waals surface area contributed by atoms with Gasteiger partial charge in [0.2, 0.25) is 0 Å². The van der Waals surface area contributed by atoms with Crippen molar-refractivity contribution in [1.29, 1.82) is 0 Å².